The first kappa shape index (κ1) is 24.9. The number of aromatic nitrogens is 1. The normalized spacial score (nSPS) is 14.6. The molecule has 1 saturated carbocycles. The van der Waals surface area contributed by atoms with Crippen LogP contribution in [0.3, 0.4) is 0 Å². The highest BCUT2D eigenvalue weighted by molar-refractivity contribution is 6.07. The Morgan fingerprint density at radius 2 is 2.00 bits per heavy atom. The summed E-state index contributed by atoms with van der Waals surface area (Å²) in [6, 6.07) is 4.67. The lowest BCUT2D eigenvalue weighted by Gasteiger charge is -2.46. The van der Waals surface area contributed by atoms with E-state index < -0.39 is 46.5 Å². The van der Waals surface area contributed by atoms with E-state index in [0.29, 0.717) is 31.0 Å². The van der Waals surface area contributed by atoms with Gasteiger partial charge in [-0.15, -0.1) is 0 Å². The number of anilines is 2. The number of nitrogens with zero attached hydrogens (tertiary/aromatic N) is 3. The number of pyridine rings is 1. The van der Waals surface area contributed by atoms with E-state index in [1.54, 1.807) is 7.05 Å². The lowest BCUT2D eigenvalue weighted by molar-refractivity contribution is -0.146. The Balaban J connectivity index is 2.00. The molecule has 0 aliphatic heterocycles. The number of benzene rings is 1. The van der Waals surface area contributed by atoms with Gasteiger partial charge < -0.3 is 15.7 Å². The summed E-state index contributed by atoms with van der Waals surface area (Å²) in [7, 11) is 1.70. The van der Waals surface area contributed by atoms with Gasteiger partial charge in [-0.3, -0.25) is 4.90 Å². The van der Waals surface area contributed by atoms with E-state index in [4.69, 9.17) is 5.26 Å². The highest BCUT2D eigenvalue weighted by atomic mass is 19.4. The van der Waals surface area contributed by atoms with Crippen molar-refractivity contribution in [3.05, 3.63) is 53.1 Å². The summed E-state index contributed by atoms with van der Waals surface area (Å²) < 4.78 is 54.5. The number of carboxylic acid groups (broad SMARTS) is 1. The maximum Gasteiger partial charge on any atom is 0.419 e. The van der Waals surface area contributed by atoms with Gasteiger partial charge in [0.05, 0.1) is 17.4 Å². The van der Waals surface area contributed by atoms with Crippen LogP contribution >= 0.6 is 0 Å². The van der Waals surface area contributed by atoms with E-state index in [2.05, 4.69) is 15.6 Å². The van der Waals surface area contributed by atoms with Crippen LogP contribution in [0.15, 0.2) is 30.5 Å². The van der Waals surface area contributed by atoms with Crippen LogP contribution in [0.5, 0.6) is 0 Å². The molecule has 1 aliphatic rings. The molecule has 0 radical (unpaired) electrons. The molecule has 0 bridgehead atoms. The Kier molecular flexibility index (Phi) is 7.07. The number of nitrogens with one attached hydrogen (secondary N) is 2. The SMILES string of the molecule is CNCCc1ccc(N(C(=O)Nc2cnc(C#N)c(C(F)(F)F)c2)C2(C(=O)O)CCC2)cc1F. The third-order valence-electron chi connectivity index (χ3n) is 5.70. The van der Waals surface area contributed by atoms with Crippen LogP contribution in [0.25, 0.3) is 0 Å². The van der Waals surface area contributed by atoms with Gasteiger partial charge in [-0.1, -0.05) is 6.07 Å². The van der Waals surface area contributed by atoms with Gasteiger partial charge in [-0.2, -0.15) is 18.4 Å². The fourth-order valence-corrected chi connectivity index (χ4v) is 3.76. The molecular formula is C22H21F4N5O3. The number of urea groups is 1. The second-order valence-electron chi connectivity index (χ2n) is 7.81. The fourth-order valence-electron chi connectivity index (χ4n) is 3.76. The van der Waals surface area contributed by atoms with E-state index in [9.17, 15) is 32.3 Å². The van der Waals surface area contributed by atoms with Crippen LogP contribution < -0.4 is 15.5 Å². The largest absolute Gasteiger partial charge is 0.479 e. The van der Waals surface area contributed by atoms with Gasteiger partial charge in [0.15, 0.2) is 5.69 Å². The van der Waals surface area contributed by atoms with Crippen LogP contribution in [0.2, 0.25) is 0 Å². The molecule has 0 spiro atoms. The third-order valence-corrected chi connectivity index (χ3v) is 5.70. The molecule has 34 heavy (non-hydrogen) atoms. The van der Waals surface area contributed by atoms with Crippen molar-refractivity contribution in [2.24, 2.45) is 0 Å². The van der Waals surface area contributed by atoms with Crippen LogP contribution in [-0.2, 0) is 17.4 Å². The summed E-state index contributed by atoms with van der Waals surface area (Å²) in [5, 5.41) is 23.9. The van der Waals surface area contributed by atoms with E-state index in [-0.39, 0.29) is 18.5 Å². The molecule has 0 unspecified atom stereocenters. The minimum atomic E-state index is -4.90. The van der Waals surface area contributed by atoms with Crippen LogP contribution in [-0.4, -0.2) is 41.2 Å². The van der Waals surface area contributed by atoms with E-state index in [0.717, 1.165) is 17.2 Å². The van der Waals surface area contributed by atoms with Crippen molar-refractivity contribution in [2.45, 2.75) is 37.4 Å². The molecule has 1 aromatic heterocycles. The number of hydrogen-bond acceptors (Lipinski definition) is 5. The number of carbonyl (C=O) groups is 2. The molecule has 1 aliphatic carbocycles. The van der Waals surface area contributed by atoms with Gasteiger partial charge in [-0.25, -0.2) is 19.0 Å². The molecule has 3 rings (SSSR count). The average molecular weight is 479 g/mol. The summed E-state index contributed by atoms with van der Waals surface area (Å²) >= 11 is 0. The number of halogens is 4. The molecule has 1 fully saturated rings. The molecule has 0 atom stereocenters. The Bertz CT molecular complexity index is 1140. The quantitative estimate of drug-likeness (QED) is 0.518. The number of carboxylic acids is 1. The van der Waals surface area contributed by atoms with Gasteiger partial charge in [0, 0.05) is 5.69 Å². The summed E-state index contributed by atoms with van der Waals surface area (Å²) in [5.74, 6) is -1.97. The molecular weight excluding hydrogens is 458 g/mol. The number of amides is 2. The zero-order valence-electron chi connectivity index (χ0n) is 18.0. The van der Waals surface area contributed by atoms with Gasteiger partial charge in [0.1, 0.15) is 17.4 Å². The van der Waals surface area contributed by atoms with Gasteiger partial charge in [-0.05, 0) is 63.0 Å². The monoisotopic (exact) mass is 479 g/mol. The number of aliphatic carboxylic acids is 1. The standard InChI is InChI=1S/C22H21F4N5O3/c1-28-8-5-13-3-4-15(10-17(13)23)31(21(19(32)33)6-2-7-21)20(34)30-14-9-16(22(24,25)26)18(11-27)29-12-14/h3-4,9-10,12,28H,2,5-8H2,1H3,(H,30,34)(H,32,33). The summed E-state index contributed by atoms with van der Waals surface area (Å²) in [6.07, 6.45) is -3.03. The zero-order chi connectivity index (χ0) is 25.1. The first-order valence-corrected chi connectivity index (χ1v) is 10.3. The molecule has 3 N–H and O–H groups in total. The smallest absolute Gasteiger partial charge is 0.419 e. The fraction of sp³-hybridized carbons (Fsp3) is 0.364. The van der Waals surface area contributed by atoms with Crippen molar-refractivity contribution in [3.63, 3.8) is 0 Å². The topological polar surface area (TPSA) is 118 Å². The van der Waals surface area contributed by atoms with Gasteiger partial charge in [0.25, 0.3) is 0 Å². The molecule has 180 valence electrons. The molecule has 2 aromatic rings. The van der Waals surface area contributed by atoms with E-state index in [1.165, 1.54) is 18.2 Å². The van der Waals surface area contributed by atoms with Crippen molar-refractivity contribution in [1.82, 2.24) is 10.3 Å². The average Bonchev–Trinajstić information content (AvgIpc) is 2.74. The number of carbonyl (C=O) groups excluding carboxylic acids is 1. The van der Waals surface area contributed by atoms with Crippen LogP contribution in [0, 0.1) is 17.1 Å². The number of likely N-dealkylation sites (N-methyl/N-ethyl adjacent to an activating group) is 1. The van der Waals surface area contributed by atoms with Gasteiger partial charge >= 0.3 is 18.2 Å². The van der Waals surface area contributed by atoms with Gasteiger partial charge in [0.2, 0.25) is 0 Å². The van der Waals surface area contributed by atoms with Crippen LogP contribution in [0.1, 0.15) is 36.1 Å². The Hall–Kier alpha value is -3.72. The maximum absolute atomic E-state index is 14.7. The first-order valence-electron chi connectivity index (χ1n) is 10.3. The van der Waals surface area contributed by atoms with E-state index >= 15 is 0 Å². The first-order chi connectivity index (χ1) is 16.0. The Morgan fingerprint density at radius 3 is 2.50 bits per heavy atom. The van der Waals surface area contributed by atoms with E-state index in [1.807, 2.05) is 0 Å². The Labute approximate surface area is 192 Å². The highest BCUT2D eigenvalue weighted by Gasteiger charge is 2.52. The van der Waals surface area contributed by atoms with Crippen molar-refractivity contribution in [1.29, 1.82) is 5.26 Å². The summed E-state index contributed by atoms with van der Waals surface area (Å²) in [5.41, 5.74) is -4.01. The lowest BCUT2D eigenvalue weighted by Crippen LogP contribution is -2.62. The van der Waals surface area contributed by atoms with Crippen molar-refractivity contribution >= 4 is 23.4 Å². The molecule has 0 saturated heterocycles. The van der Waals surface area contributed by atoms with Crippen molar-refractivity contribution in [3.8, 4) is 6.07 Å². The second-order valence-corrected chi connectivity index (χ2v) is 7.81. The highest BCUT2D eigenvalue weighted by Crippen LogP contribution is 2.42. The predicted octanol–water partition coefficient (Wildman–Crippen LogP) is 3.92. The molecule has 8 nitrogen and oxygen atoms in total. The third kappa shape index (κ3) is 4.79. The predicted molar refractivity (Wildman–Crippen MR) is 114 cm³/mol. The Morgan fingerprint density at radius 1 is 1.29 bits per heavy atom. The van der Waals surface area contributed by atoms with Crippen molar-refractivity contribution < 1.29 is 32.3 Å². The molecule has 1 heterocycles. The zero-order valence-corrected chi connectivity index (χ0v) is 18.0. The summed E-state index contributed by atoms with van der Waals surface area (Å²) in [4.78, 5) is 29.6. The molecule has 1 aromatic carbocycles. The minimum absolute atomic E-state index is 0.0528. The number of alkyl halides is 3. The van der Waals surface area contributed by atoms with Crippen LogP contribution in [0.4, 0.5) is 33.7 Å². The lowest BCUT2D eigenvalue weighted by atomic mass is 9.75. The molecule has 2 amide bonds. The number of hydrogen-bond donors (Lipinski definition) is 3. The minimum Gasteiger partial charge on any atom is -0.479 e. The number of rotatable bonds is 7. The maximum atomic E-state index is 14.7. The number of nitriles is 1. The summed E-state index contributed by atoms with van der Waals surface area (Å²) in [6.45, 7) is 0.493. The van der Waals surface area contributed by atoms with Crippen molar-refractivity contribution in [2.75, 3.05) is 23.8 Å². The molecule has 12 heteroatoms. The second kappa shape index (κ2) is 9.64.